The number of rotatable bonds is 4. The van der Waals surface area contributed by atoms with E-state index < -0.39 is 21.2 Å². The average Bonchev–Trinajstić information content (AvgIpc) is 3.44. The van der Waals surface area contributed by atoms with Crippen molar-refractivity contribution in [2.75, 3.05) is 13.1 Å². The largest absolute Gasteiger partial charge is 0.419 e. The maximum absolute atomic E-state index is 13.4. The van der Waals surface area contributed by atoms with Crippen LogP contribution in [0, 0.1) is 5.92 Å². The molecule has 0 N–H and O–H groups in total. The maximum atomic E-state index is 13.4. The van der Waals surface area contributed by atoms with Crippen molar-refractivity contribution in [1.82, 2.24) is 19.0 Å². The van der Waals surface area contributed by atoms with E-state index in [0.29, 0.717) is 36.7 Å². The smallest absolute Gasteiger partial charge is 0.408 e. The third kappa shape index (κ3) is 2.62. The summed E-state index contributed by atoms with van der Waals surface area (Å²) < 4.78 is 40.1. The predicted molar refractivity (Wildman–Crippen MR) is 103 cm³/mol. The Labute approximate surface area is 167 Å². The van der Waals surface area contributed by atoms with Crippen LogP contribution in [0.2, 0.25) is 0 Å². The zero-order valence-electron chi connectivity index (χ0n) is 16.3. The lowest BCUT2D eigenvalue weighted by Gasteiger charge is -2.24. The lowest BCUT2D eigenvalue weighted by molar-refractivity contribution is 0.329. The van der Waals surface area contributed by atoms with Crippen molar-refractivity contribution in [1.29, 1.82) is 0 Å². The zero-order valence-corrected chi connectivity index (χ0v) is 17.1. The molecule has 154 valence electrons. The fourth-order valence-corrected chi connectivity index (χ4v) is 6.39. The molecule has 1 saturated heterocycles. The predicted octanol–water partition coefficient (Wildman–Crippen LogP) is 1.82. The van der Waals surface area contributed by atoms with E-state index in [1.807, 2.05) is 6.92 Å². The molecule has 1 aliphatic carbocycles. The van der Waals surface area contributed by atoms with Crippen LogP contribution in [0.1, 0.15) is 37.9 Å². The summed E-state index contributed by atoms with van der Waals surface area (Å²) in [6.07, 6.45) is 3.46. The first-order valence-electron chi connectivity index (χ1n) is 9.78. The van der Waals surface area contributed by atoms with Gasteiger partial charge in [0.15, 0.2) is 11.4 Å². The monoisotopic (exact) mass is 418 g/mol. The highest BCUT2D eigenvalue weighted by Gasteiger charge is 2.56. The van der Waals surface area contributed by atoms with E-state index >= 15 is 0 Å². The lowest BCUT2D eigenvalue weighted by atomic mass is 9.80. The summed E-state index contributed by atoms with van der Waals surface area (Å²) in [6, 6.07) is 4.56. The van der Waals surface area contributed by atoms with Crippen molar-refractivity contribution in [3.05, 3.63) is 40.5 Å². The van der Waals surface area contributed by atoms with Gasteiger partial charge in [0.1, 0.15) is 0 Å². The van der Waals surface area contributed by atoms with Crippen LogP contribution < -0.4 is 5.76 Å². The Kier molecular flexibility index (Phi) is 4.01. The van der Waals surface area contributed by atoms with Crippen LogP contribution in [-0.2, 0) is 28.9 Å². The molecule has 1 aliphatic heterocycles. The number of aryl methyl sites for hydroxylation is 2. The number of aromatic nitrogens is 3. The molecule has 0 spiro atoms. The standard InChI is InChI=1S/C19H22N4O5S/c1-3-16-20-17(21-28-16)19-8-4-5-12(19)10-23(11-19)29(25,26)13-6-7-14-15(9-13)27-18(24)22(14)2/h6-7,9,12H,3-5,8,10-11H2,1-2H3/t12-,19-/m1/s1. The zero-order chi connectivity index (χ0) is 20.4. The molecule has 2 aliphatic rings. The van der Waals surface area contributed by atoms with Crippen molar-refractivity contribution >= 4 is 21.1 Å². The Morgan fingerprint density at radius 3 is 2.93 bits per heavy atom. The normalized spacial score (nSPS) is 25.1. The van der Waals surface area contributed by atoms with Gasteiger partial charge in [0.25, 0.3) is 0 Å². The minimum Gasteiger partial charge on any atom is -0.408 e. The number of benzene rings is 1. The molecular formula is C19H22N4O5S. The molecule has 29 heavy (non-hydrogen) atoms. The Morgan fingerprint density at radius 2 is 2.17 bits per heavy atom. The van der Waals surface area contributed by atoms with Crippen molar-refractivity contribution in [2.24, 2.45) is 13.0 Å². The van der Waals surface area contributed by atoms with Crippen molar-refractivity contribution < 1.29 is 17.4 Å². The van der Waals surface area contributed by atoms with Gasteiger partial charge in [-0.3, -0.25) is 4.57 Å². The van der Waals surface area contributed by atoms with E-state index in [-0.39, 0.29) is 16.4 Å². The average molecular weight is 418 g/mol. The van der Waals surface area contributed by atoms with Crippen LogP contribution in [0.15, 0.2) is 36.8 Å². The summed E-state index contributed by atoms with van der Waals surface area (Å²) in [6.45, 7) is 2.71. The first-order valence-corrected chi connectivity index (χ1v) is 11.2. The molecule has 0 bridgehead atoms. The van der Waals surface area contributed by atoms with Gasteiger partial charge >= 0.3 is 5.76 Å². The van der Waals surface area contributed by atoms with Gasteiger partial charge in [-0.15, -0.1) is 0 Å². The third-order valence-electron chi connectivity index (χ3n) is 6.46. The molecule has 9 nitrogen and oxygen atoms in total. The second-order valence-corrected chi connectivity index (χ2v) is 9.90. The third-order valence-corrected chi connectivity index (χ3v) is 8.26. The van der Waals surface area contributed by atoms with E-state index in [9.17, 15) is 13.2 Å². The van der Waals surface area contributed by atoms with Crippen LogP contribution in [0.25, 0.3) is 11.1 Å². The number of fused-ring (bicyclic) bond motifs is 2. The first-order chi connectivity index (χ1) is 13.8. The molecular weight excluding hydrogens is 396 g/mol. The lowest BCUT2D eigenvalue weighted by Crippen LogP contribution is -2.35. The number of hydrogen-bond donors (Lipinski definition) is 0. The Morgan fingerprint density at radius 1 is 1.34 bits per heavy atom. The summed E-state index contributed by atoms with van der Waals surface area (Å²) in [4.78, 5) is 16.4. The number of hydrogen-bond acceptors (Lipinski definition) is 7. The van der Waals surface area contributed by atoms with E-state index in [4.69, 9.17) is 8.94 Å². The highest BCUT2D eigenvalue weighted by atomic mass is 32.2. The van der Waals surface area contributed by atoms with Gasteiger partial charge in [-0.2, -0.15) is 9.29 Å². The molecule has 2 aromatic heterocycles. The molecule has 1 aromatic carbocycles. The second-order valence-electron chi connectivity index (χ2n) is 7.96. The van der Waals surface area contributed by atoms with Crippen molar-refractivity contribution in [2.45, 2.75) is 42.9 Å². The summed E-state index contributed by atoms with van der Waals surface area (Å²) in [5.74, 6) is 0.843. The summed E-state index contributed by atoms with van der Waals surface area (Å²) in [5, 5.41) is 4.18. The second kappa shape index (κ2) is 6.27. The number of nitrogens with zero attached hydrogens (tertiary/aromatic N) is 4. The van der Waals surface area contributed by atoms with Gasteiger partial charge in [-0.25, -0.2) is 13.2 Å². The van der Waals surface area contributed by atoms with E-state index in [2.05, 4.69) is 10.1 Å². The Bertz CT molecular complexity index is 1260. The van der Waals surface area contributed by atoms with Gasteiger partial charge in [-0.05, 0) is 30.9 Å². The number of sulfonamides is 1. The quantitative estimate of drug-likeness (QED) is 0.635. The topological polar surface area (TPSA) is 111 Å². The van der Waals surface area contributed by atoms with Gasteiger partial charge in [0.2, 0.25) is 15.9 Å². The van der Waals surface area contributed by atoms with Crippen molar-refractivity contribution in [3.8, 4) is 0 Å². The Hall–Kier alpha value is -2.46. The molecule has 0 radical (unpaired) electrons. The summed E-state index contributed by atoms with van der Waals surface area (Å²) in [5.41, 5.74) is 0.425. The number of oxazole rings is 1. The minimum atomic E-state index is -3.74. The van der Waals surface area contributed by atoms with Gasteiger partial charge in [-0.1, -0.05) is 18.5 Å². The van der Waals surface area contributed by atoms with Crippen LogP contribution in [0.3, 0.4) is 0 Å². The van der Waals surface area contributed by atoms with E-state index in [1.54, 1.807) is 13.1 Å². The van der Waals surface area contributed by atoms with Crippen molar-refractivity contribution in [3.63, 3.8) is 0 Å². The van der Waals surface area contributed by atoms with Crippen LogP contribution >= 0.6 is 0 Å². The Balaban J connectivity index is 1.52. The van der Waals surface area contributed by atoms with Gasteiger partial charge in [0, 0.05) is 32.6 Å². The molecule has 3 aromatic rings. The fourth-order valence-electron chi connectivity index (χ4n) is 4.82. The summed E-state index contributed by atoms with van der Waals surface area (Å²) in [7, 11) is -2.16. The van der Waals surface area contributed by atoms with Gasteiger partial charge < -0.3 is 8.94 Å². The molecule has 1 saturated carbocycles. The van der Waals surface area contributed by atoms with Crippen LogP contribution in [0.5, 0.6) is 0 Å². The molecule has 2 fully saturated rings. The molecule has 2 atom stereocenters. The molecule has 0 amide bonds. The highest BCUT2D eigenvalue weighted by molar-refractivity contribution is 7.89. The first kappa shape index (κ1) is 18.6. The molecule has 5 rings (SSSR count). The highest BCUT2D eigenvalue weighted by Crippen LogP contribution is 2.50. The van der Waals surface area contributed by atoms with E-state index in [1.165, 1.54) is 21.0 Å². The molecule has 10 heteroatoms. The maximum Gasteiger partial charge on any atom is 0.419 e. The fraction of sp³-hybridized carbons (Fsp3) is 0.526. The van der Waals surface area contributed by atoms with Crippen LogP contribution in [0.4, 0.5) is 0 Å². The molecule has 3 heterocycles. The SMILES string of the molecule is CCc1nc([C@@]23CCC[C@@H]2CN(S(=O)(=O)c2ccc4c(c2)oc(=O)n4C)C3)no1. The minimum absolute atomic E-state index is 0.122. The van der Waals surface area contributed by atoms with Gasteiger partial charge in [0.05, 0.1) is 15.8 Å². The summed E-state index contributed by atoms with van der Waals surface area (Å²) >= 11 is 0. The van der Waals surface area contributed by atoms with Crippen LogP contribution in [-0.4, -0.2) is 40.5 Å². The molecule has 0 unspecified atom stereocenters. The van der Waals surface area contributed by atoms with E-state index in [0.717, 1.165) is 19.3 Å².